The van der Waals surface area contributed by atoms with E-state index in [1.54, 1.807) is 6.92 Å². The summed E-state index contributed by atoms with van der Waals surface area (Å²) in [5, 5.41) is 11.0. The maximum Gasteiger partial charge on any atom is 0.516 e. The van der Waals surface area contributed by atoms with Gasteiger partial charge in [0.1, 0.15) is 11.3 Å². The van der Waals surface area contributed by atoms with Gasteiger partial charge in [-0.15, -0.1) is 0 Å². The van der Waals surface area contributed by atoms with Gasteiger partial charge in [0, 0.05) is 0 Å². The summed E-state index contributed by atoms with van der Waals surface area (Å²) >= 11 is 0. The Morgan fingerprint density at radius 3 is 2.39 bits per heavy atom. The summed E-state index contributed by atoms with van der Waals surface area (Å²) in [4.78, 5) is 43.6. The number of hydrogen-bond acceptors (Lipinski definition) is 7. The summed E-state index contributed by atoms with van der Waals surface area (Å²) in [6.45, 7) is 1.82. The molecule has 2 amide bonds. The molecule has 0 aliphatic carbocycles. The van der Waals surface area contributed by atoms with Gasteiger partial charge in [0.2, 0.25) is 0 Å². The molecule has 4 aromatic rings. The van der Waals surface area contributed by atoms with Gasteiger partial charge in [0.25, 0.3) is 11.8 Å². The summed E-state index contributed by atoms with van der Waals surface area (Å²) in [6.07, 6.45) is -0.980. The highest BCUT2D eigenvalue weighted by Crippen LogP contribution is 2.39. The number of fused-ring (bicyclic) bond motifs is 2. The lowest BCUT2D eigenvalue weighted by Crippen LogP contribution is -2.29. The predicted molar refractivity (Wildman–Crippen MR) is 125 cm³/mol. The van der Waals surface area contributed by atoms with Crippen LogP contribution in [0.3, 0.4) is 0 Å². The van der Waals surface area contributed by atoms with Crippen LogP contribution >= 0.6 is 0 Å². The number of imidazole rings is 1. The molecule has 10 heteroatoms. The molecule has 0 saturated carbocycles. The van der Waals surface area contributed by atoms with Gasteiger partial charge in [-0.25, -0.2) is 9.18 Å². The first-order valence-electron chi connectivity index (χ1n) is 11.1. The highest BCUT2D eigenvalue weighted by atomic mass is 19.1. The lowest BCUT2D eigenvalue weighted by Gasteiger charge is -2.13. The minimum atomic E-state index is -0.980. The molecule has 0 saturated heterocycles. The monoisotopic (exact) mass is 489 g/mol. The van der Waals surface area contributed by atoms with Crippen molar-refractivity contribution in [1.29, 1.82) is 0 Å². The summed E-state index contributed by atoms with van der Waals surface area (Å²) < 4.78 is 24.9. The molecule has 36 heavy (non-hydrogen) atoms. The standard InChI is InChI=1S/C26H20FN3O6/c1-2-35-26(34)36-25-28-21-19(29(25)13-15-6-4-3-5-7-15)12-18-20(22(21)31)24(33)30(23(18)32)14-16-8-10-17(27)11-9-16/h3-12,31H,2,13-14H2,1H3. The number of imide groups is 1. The van der Waals surface area contributed by atoms with Crippen LogP contribution in [-0.2, 0) is 17.8 Å². The van der Waals surface area contributed by atoms with E-state index in [-0.39, 0.29) is 42.4 Å². The average Bonchev–Trinajstić information content (AvgIpc) is 3.31. The van der Waals surface area contributed by atoms with Crippen LogP contribution in [-0.4, -0.2) is 44.1 Å². The summed E-state index contributed by atoms with van der Waals surface area (Å²) in [6, 6.07) is 16.0. The number of hydrogen-bond donors (Lipinski definition) is 1. The molecule has 9 nitrogen and oxygen atoms in total. The highest BCUT2D eigenvalue weighted by Gasteiger charge is 2.40. The number of aromatic nitrogens is 2. The van der Waals surface area contributed by atoms with Crippen molar-refractivity contribution in [3.8, 4) is 11.8 Å². The molecule has 1 aliphatic rings. The zero-order valence-corrected chi connectivity index (χ0v) is 19.1. The van der Waals surface area contributed by atoms with Crippen molar-refractivity contribution in [2.75, 3.05) is 6.61 Å². The van der Waals surface area contributed by atoms with Crippen molar-refractivity contribution in [2.24, 2.45) is 0 Å². The van der Waals surface area contributed by atoms with Gasteiger partial charge in [-0.3, -0.25) is 19.1 Å². The lowest BCUT2D eigenvalue weighted by atomic mass is 10.1. The zero-order valence-electron chi connectivity index (χ0n) is 19.1. The molecule has 0 unspecified atom stereocenters. The van der Waals surface area contributed by atoms with E-state index in [2.05, 4.69) is 4.98 Å². The topological polar surface area (TPSA) is 111 Å². The molecule has 0 bridgehead atoms. The number of amides is 2. The van der Waals surface area contributed by atoms with Gasteiger partial charge in [-0.05, 0) is 36.2 Å². The number of carbonyl (C=O) groups excluding carboxylic acids is 3. The van der Waals surface area contributed by atoms with E-state index >= 15 is 0 Å². The van der Waals surface area contributed by atoms with Crippen LogP contribution in [0, 0.1) is 5.82 Å². The second-order valence-corrected chi connectivity index (χ2v) is 8.09. The minimum Gasteiger partial charge on any atom is -0.505 e. The number of nitrogens with zero attached hydrogens (tertiary/aromatic N) is 3. The normalized spacial score (nSPS) is 12.8. The molecule has 1 aliphatic heterocycles. The molecule has 0 atom stereocenters. The maximum absolute atomic E-state index is 13.3. The average molecular weight is 489 g/mol. The van der Waals surface area contributed by atoms with Crippen molar-refractivity contribution >= 4 is 29.0 Å². The third kappa shape index (κ3) is 4.02. The van der Waals surface area contributed by atoms with Crippen LogP contribution in [0.15, 0.2) is 60.7 Å². The predicted octanol–water partition coefficient (Wildman–Crippen LogP) is 4.26. The molecule has 0 fully saturated rings. The summed E-state index contributed by atoms with van der Waals surface area (Å²) in [5.41, 5.74) is 1.47. The van der Waals surface area contributed by atoms with Crippen LogP contribution in [0.4, 0.5) is 9.18 Å². The maximum atomic E-state index is 13.3. The van der Waals surface area contributed by atoms with Crippen LogP contribution in [0.1, 0.15) is 38.8 Å². The molecule has 1 aromatic heterocycles. The summed E-state index contributed by atoms with van der Waals surface area (Å²) in [5.74, 6) is -2.25. The Morgan fingerprint density at radius 2 is 1.69 bits per heavy atom. The highest BCUT2D eigenvalue weighted by molar-refractivity contribution is 6.24. The smallest absolute Gasteiger partial charge is 0.505 e. The molecule has 5 rings (SSSR count). The molecular weight excluding hydrogens is 469 g/mol. The molecule has 1 N–H and O–H groups in total. The Labute approximate surface area is 204 Å². The number of benzene rings is 3. The van der Waals surface area contributed by atoms with Gasteiger partial charge in [0.15, 0.2) is 5.75 Å². The quantitative estimate of drug-likeness (QED) is 0.318. The third-order valence-electron chi connectivity index (χ3n) is 5.79. The Morgan fingerprint density at radius 1 is 1.00 bits per heavy atom. The van der Waals surface area contributed by atoms with Gasteiger partial charge in [-0.1, -0.05) is 42.5 Å². The third-order valence-corrected chi connectivity index (χ3v) is 5.79. The van der Waals surface area contributed by atoms with E-state index in [0.29, 0.717) is 11.1 Å². The van der Waals surface area contributed by atoms with E-state index in [0.717, 1.165) is 10.5 Å². The largest absolute Gasteiger partial charge is 0.516 e. The van der Waals surface area contributed by atoms with Crippen molar-refractivity contribution < 1.29 is 33.4 Å². The van der Waals surface area contributed by atoms with Gasteiger partial charge < -0.3 is 14.6 Å². The first-order chi connectivity index (χ1) is 17.4. The molecule has 2 heterocycles. The van der Waals surface area contributed by atoms with Crippen molar-refractivity contribution in [1.82, 2.24) is 14.5 Å². The first kappa shape index (κ1) is 23.0. The Balaban J connectivity index is 1.59. The fourth-order valence-corrected chi connectivity index (χ4v) is 4.11. The van der Waals surface area contributed by atoms with Gasteiger partial charge in [0.05, 0.1) is 36.3 Å². The van der Waals surface area contributed by atoms with Gasteiger partial charge >= 0.3 is 12.2 Å². The van der Waals surface area contributed by atoms with Crippen molar-refractivity contribution in [3.63, 3.8) is 0 Å². The first-order valence-corrected chi connectivity index (χ1v) is 11.1. The van der Waals surface area contributed by atoms with E-state index in [9.17, 15) is 23.9 Å². The molecule has 0 radical (unpaired) electrons. The second kappa shape index (κ2) is 9.14. The SMILES string of the molecule is CCOC(=O)Oc1nc2c(O)c3c(cc2n1Cc1ccccc1)C(=O)N(Cc1ccc(F)cc1)C3=O. The lowest BCUT2D eigenvalue weighted by molar-refractivity contribution is 0.0641. The molecule has 182 valence electrons. The van der Waals surface area contributed by atoms with Crippen LogP contribution in [0.5, 0.6) is 11.8 Å². The number of rotatable bonds is 6. The van der Waals surface area contributed by atoms with E-state index in [1.807, 2.05) is 30.3 Å². The van der Waals surface area contributed by atoms with Gasteiger partial charge in [-0.2, -0.15) is 4.98 Å². The van der Waals surface area contributed by atoms with Crippen LogP contribution in [0.2, 0.25) is 0 Å². The minimum absolute atomic E-state index is 0.00578. The Hall–Kier alpha value is -4.73. The van der Waals surface area contributed by atoms with Crippen molar-refractivity contribution in [2.45, 2.75) is 20.0 Å². The molecule has 3 aromatic carbocycles. The molecular formula is C26H20FN3O6. The van der Waals surface area contributed by atoms with Crippen LogP contribution in [0.25, 0.3) is 11.0 Å². The number of phenols is 1. The zero-order chi connectivity index (χ0) is 25.4. The van der Waals surface area contributed by atoms with Crippen molar-refractivity contribution in [3.05, 3.63) is 88.7 Å². The van der Waals surface area contributed by atoms with E-state index < -0.39 is 29.5 Å². The fourth-order valence-electron chi connectivity index (χ4n) is 4.11. The Bertz CT molecular complexity index is 1500. The number of carbonyl (C=O) groups is 3. The number of aromatic hydroxyl groups is 1. The fraction of sp³-hybridized carbons (Fsp3) is 0.154. The van der Waals surface area contributed by atoms with E-state index in [1.165, 1.54) is 34.9 Å². The Kier molecular flexibility index (Phi) is 5.85. The second-order valence-electron chi connectivity index (χ2n) is 8.09. The molecule has 0 spiro atoms. The number of halogens is 1. The number of phenolic OH excluding ortho intramolecular Hbond substituents is 1. The van der Waals surface area contributed by atoms with Crippen LogP contribution < -0.4 is 4.74 Å². The number of ether oxygens (including phenoxy) is 2. The van der Waals surface area contributed by atoms with E-state index in [4.69, 9.17) is 9.47 Å². The summed E-state index contributed by atoms with van der Waals surface area (Å²) in [7, 11) is 0.